The maximum absolute atomic E-state index is 12.8. The highest BCUT2D eigenvalue weighted by Gasteiger charge is 2.18. The van der Waals surface area contributed by atoms with Crippen LogP contribution in [0.5, 0.6) is 0 Å². The van der Waals surface area contributed by atoms with Gasteiger partial charge in [-0.05, 0) is 37.1 Å². The molecule has 4 nitrogen and oxygen atoms in total. The second-order valence-electron chi connectivity index (χ2n) is 6.79. The summed E-state index contributed by atoms with van der Waals surface area (Å²) in [5.41, 5.74) is 6.23. The number of imidazole rings is 1. The SMILES string of the molecule is CCCCOC(=O)c1cc2nc3ccccc3n2cc1-c1cccc(C)c1. The number of carbonyl (C=O) groups is 1. The van der Waals surface area contributed by atoms with Crippen LogP contribution < -0.4 is 0 Å². The molecule has 2 aromatic heterocycles. The summed E-state index contributed by atoms with van der Waals surface area (Å²) in [4.78, 5) is 17.5. The number of aryl methyl sites for hydroxylation is 1. The molecule has 0 N–H and O–H groups in total. The molecule has 4 heteroatoms. The fraction of sp³-hybridized carbons (Fsp3) is 0.217. The van der Waals surface area contributed by atoms with Crippen LogP contribution in [-0.2, 0) is 4.74 Å². The van der Waals surface area contributed by atoms with Gasteiger partial charge in [0.1, 0.15) is 5.65 Å². The molecule has 4 rings (SSSR count). The number of carbonyl (C=O) groups excluding carboxylic acids is 1. The summed E-state index contributed by atoms with van der Waals surface area (Å²) < 4.78 is 7.55. The number of aromatic nitrogens is 2. The van der Waals surface area contributed by atoms with Crippen molar-refractivity contribution in [1.29, 1.82) is 0 Å². The molecule has 0 aliphatic heterocycles. The largest absolute Gasteiger partial charge is 0.462 e. The molecule has 0 aliphatic rings. The molecule has 0 unspecified atom stereocenters. The highest BCUT2D eigenvalue weighted by atomic mass is 16.5. The van der Waals surface area contributed by atoms with Crippen LogP contribution in [0, 0.1) is 6.92 Å². The van der Waals surface area contributed by atoms with E-state index < -0.39 is 0 Å². The van der Waals surface area contributed by atoms with Crippen molar-refractivity contribution in [2.75, 3.05) is 6.61 Å². The van der Waals surface area contributed by atoms with Crippen LogP contribution in [0.2, 0.25) is 0 Å². The average Bonchev–Trinajstić information content (AvgIpc) is 3.05. The molecule has 0 fully saturated rings. The number of para-hydroxylation sites is 2. The fourth-order valence-electron chi connectivity index (χ4n) is 3.30. The molecule has 0 radical (unpaired) electrons. The van der Waals surface area contributed by atoms with E-state index in [9.17, 15) is 4.79 Å². The first-order valence-electron chi connectivity index (χ1n) is 9.32. The van der Waals surface area contributed by atoms with Gasteiger partial charge in [0.15, 0.2) is 0 Å². The Morgan fingerprint density at radius 3 is 2.78 bits per heavy atom. The lowest BCUT2D eigenvalue weighted by atomic mass is 10.0. The Hall–Kier alpha value is -3.14. The minimum Gasteiger partial charge on any atom is -0.462 e. The smallest absolute Gasteiger partial charge is 0.338 e. The molecular weight excluding hydrogens is 336 g/mol. The van der Waals surface area contributed by atoms with Crippen molar-refractivity contribution in [3.8, 4) is 11.1 Å². The van der Waals surface area contributed by atoms with Gasteiger partial charge in [0.05, 0.1) is 23.2 Å². The summed E-state index contributed by atoms with van der Waals surface area (Å²) >= 11 is 0. The zero-order chi connectivity index (χ0) is 18.8. The number of benzene rings is 2. The third-order valence-electron chi connectivity index (χ3n) is 4.72. The van der Waals surface area contributed by atoms with Gasteiger partial charge in [-0.3, -0.25) is 4.40 Å². The van der Waals surface area contributed by atoms with Crippen molar-refractivity contribution in [1.82, 2.24) is 9.38 Å². The zero-order valence-corrected chi connectivity index (χ0v) is 15.6. The number of hydrogen-bond donors (Lipinski definition) is 0. The summed E-state index contributed by atoms with van der Waals surface area (Å²) in [7, 11) is 0. The Morgan fingerprint density at radius 1 is 1.11 bits per heavy atom. The Kier molecular flexibility index (Phi) is 4.63. The van der Waals surface area contributed by atoms with Gasteiger partial charge >= 0.3 is 5.97 Å². The Labute approximate surface area is 158 Å². The third-order valence-corrected chi connectivity index (χ3v) is 4.72. The summed E-state index contributed by atoms with van der Waals surface area (Å²) in [5.74, 6) is -0.297. The molecule has 0 aliphatic carbocycles. The highest BCUT2D eigenvalue weighted by Crippen LogP contribution is 2.28. The number of nitrogens with zero attached hydrogens (tertiary/aromatic N) is 2. The average molecular weight is 358 g/mol. The van der Waals surface area contributed by atoms with Gasteiger partial charge in [-0.15, -0.1) is 0 Å². The van der Waals surface area contributed by atoms with Crippen LogP contribution in [0.25, 0.3) is 27.8 Å². The third kappa shape index (κ3) is 3.31. The van der Waals surface area contributed by atoms with Crippen LogP contribution in [0.1, 0.15) is 35.7 Å². The number of esters is 1. The van der Waals surface area contributed by atoms with Gasteiger partial charge in [0, 0.05) is 11.8 Å². The first-order valence-corrected chi connectivity index (χ1v) is 9.32. The zero-order valence-electron chi connectivity index (χ0n) is 15.6. The van der Waals surface area contributed by atoms with Crippen molar-refractivity contribution in [3.63, 3.8) is 0 Å². The molecule has 0 saturated carbocycles. The van der Waals surface area contributed by atoms with Gasteiger partial charge < -0.3 is 4.74 Å². The van der Waals surface area contributed by atoms with Gasteiger partial charge in [-0.25, -0.2) is 9.78 Å². The normalized spacial score (nSPS) is 11.2. The second kappa shape index (κ2) is 7.23. The summed E-state index contributed by atoms with van der Waals surface area (Å²) in [6.45, 7) is 4.56. The van der Waals surface area contributed by atoms with Crippen molar-refractivity contribution >= 4 is 22.6 Å². The number of pyridine rings is 1. The van der Waals surface area contributed by atoms with E-state index in [4.69, 9.17) is 4.74 Å². The summed E-state index contributed by atoms with van der Waals surface area (Å²) in [6.07, 6.45) is 3.85. The summed E-state index contributed by atoms with van der Waals surface area (Å²) in [6, 6.07) is 18.0. The van der Waals surface area contributed by atoms with Gasteiger partial charge in [-0.2, -0.15) is 0 Å². The van der Waals surface area contributed by atoms with E-state index in [1.807, 2.05) is 66.1 Å². The number of hydrogen-bond acceptors (Lipinski definition) is 3. The van der Waals surface area contributed by atoms with Crippen molar-refractivity contribution in [2.24, 2.45) is 0 Å². The topological polar surface area (TPSA) is 43.6 Å². The molecule has 0 spiro atoms. The fourth-order valence-corrected chi connectivity index (χ4v) is 3.30. The molecule has 4 aromatic rings. The van der Waals surface area contributed by atoms with Crippen LogP contribution >= 0.6 is 0 Å². The lowest BCUT2D eigenvalue weighted by Crippen LogP contribution is -2.09. The van der Waals surface area contributed by atoms with Crippen molar-refractivity contribution in [3.05, 3.63) is 71.9 Å². The number of fused-ring (bicyclic) bond motifs is 3. The number of ether oxygens (including phenoxy) is 1. The van der Waals surface area contributed by atoms with E-state index in [0.29, 0.717) is 12.2 Å². The molecule has 0 saturated heterocycles. The highest BCUT2D eigenvalue weighted by molar-refractivity contribution is 5.99. The Balaban J connectivity index is 1.91. The maximum Gasteiger partial charge on any atom is 0.338 e. The van der Waals surface area contributed by atoms with E-state index in [1.165, 1.54) is 0 Å². The molecule has 2 heterocycles. The Morgan fingerprint density at radius 2 is 1.96 bits per heavy atom. The molecule has 0 amide bonds. The van der Waals surface area contributed by atoms with Crippen LogP contribution in [0.15, 0.2) is 60.8 Å². The first kappa shape index (κ1) is 17.3. The predicted molar refractivity (Wildman–Crippen MR) is 108 cm³/mol. The van der Waals surface area contributed by atoms with Gasteiger partial charge in [0.2, 0.25) is 0 Å². The maximum atomic E-state index is 12.8. The monoisotopic (exact) mass is 358 g/mol. The first-order chi connectivity index (χ1) is 13.2. The van der Waals surface area contributed by atoms with Crippen LogP contribution in [0.4, 0.5) is 0 Å². The van der Waals surface area contributed by atoms with E-state index in [2.05, 4.69) is 18.0 Å². The predicted octanol–water partition coefficient (Wildman–Crippen LogP) is 5.42. The van der Waals surface area contributed by atoms with E-state index >= 15 is 0 Å². The minimum atomic E-state index is -0.297. The van der Waals surface area contributed by atoms with Crippen LogP contribution in [-0.4, -0.2) is 22.0 Å². The molecular formula is C23H22N2O2. The Bertz CT molecular complexity index is 1130. The van der Waals surface area contributed by atoms with E-state index in [-0.39, 0.29) is 5.97 Å². The van der Waals surface area contributed by atoms with Gasteiger partial charge in [-0.1, -0.05) is 55.3 Å². The van der Waals surface area contributed by atoms with Gasteiger partial charge in [0.25, 0.3) is 0 Å². The molecule has 0 bridgehead atoms. The number of unbranched alkanes of at least 4 members (excludes halogenated alkanes) is 1. The quantitative estimate of drug-likeness (QED) is 0.353. The minimum absolute atomic E-state index is 0.297. The lowest BCUT2D eigenvalue weighted by Gasteiger charge is -2.12. The van der Waals surface area contributed by atoms with E-state index in [0.717, 1.165) is 46.2 Å². The summed E-state index contributed by atoms with van der Waals surface area (Å²) in [5, 5.41) is 0. The van der Waals surface area contributed by atoms with Crippen LogP contribution in [0.3, 0.4) is 0 Å². The molecule has 27 heavy (non-hydrogen) atoms. The number of rotatable bonds is 5. The second-order valence-corrected chi connectivity index (χ2v) is 6.79. The van der Waals surface area contributed by atoms with Crippen molar-refractivity contribution < 1.29 is 9.53 Å². The lowest BCUT2D eigenvalue weighted by molar-refractivity contribution is 0.0500. The van der Waals surface area contributed by atoms with E-state index in [1.54, 1.807) is 0 Å². The molecule has 0 atom stereocenters. The van der Waals surface area contributed by atoms with Crippen molar-refractivity contribution in [2.45, 2.75) is 26.7 Å². The molecule has 136 valence electrons. The molecule has 2 aromatic carbocycles. The standard InChI is InChI=1S/C23H22N2O2/c1-3-4-12-27-23(26)18-14-22-24-20-10-5-6-11-21(20)25(22)15-19(18)17-9-7-8-16(2)13-17/h5-11,13-15H,3-4,12H2,1-2H3.